The van der Waals surface area contributed by atoms with Crippen LogP contribution in [0.25, 0.3) is 0 Å². The molecular formula is C16H24ClNO. The standard InChI is InChI=1S/C16H24ClNO/c1-12(13-8-6-5-7-9-13)15(19)18-14(10-11-17)16(2,3)4/h5-9,12,14H,10-11H2,1-4H3,(H,18,19). The van der Waals surface area contributed by atoms with E-state index in [-0.39, 0.29) is 23.3 Å². The molecule has 2 unspecified atom stereocenters. The third-order valence-electron chi connectivity index (χ3n) is 3.45. The summed E-state index contributed by atoms with van der Waals surface area (Å²) in [5.41, 5.74) is 1.06. The van der Waals surface area contributed by atoms with Crippen molar-refractivity contribution in [3.8, 4) is 0 Å². The number of hydrogen-bond donors (Lipinski definition) is 1. The Morgan fingerprint density at radius 1 is 1.26 bits per heavy atom. The number of carbonyl (C=O) groups excluding carboxylic acids is 1. The van der Waals surface area contributed by atoms with Crippen LogP contribution in [0.15, 0.2) is 30.3 Å². The van der Waals surface area contributed by atoms with E-state index < -0.39 is 0 Å². The lowest BCUT2D eigenvalue weighted by Crippen LogP contribution is -2.45. The summed E-state index contributed by atoms with van der Waals surface area (Å²) >= 11 is 5.83. The van der Waals surface area contributed by atoms with Crippen molar-refractivity contribution >= 4 is 17.5 Å². The second kappa shape index (κ2) is 6.95. The number of halogens is 1. The molecule has 0 bridgehead atoms. The molecule has 0 fully saturated rings. The van der Waals surface area contributed by atoms with Crippen molar-refractivity contribution in [2.24, 2.45) is 5.41 Å². The predicted molar refractivity (Wildman–Crippen MR) is 81.6 cm³/mol. The zero-order valence-electron chi connectivity index (χ0n) is 12.2. The molecule has 1 aromatic rings. The average molecular weight is 282 g/mol. The maximum atomic E-state index is 12.3. The molecule has 0 spiro atoms. The molecule has 0 aliphatic carbocycles. The van der Waals surface area contributed by atoms with E-state index in [1.54, 1.807) is 0 Å². The van der Waals surface area contributed by atoms with Gasteiger partial charge in [0.25, 0.3) is 0 Å². The number of amides is 1. The largest absolute Gasteiger partial charge is 0.352 e. The van der Waals surface area contributed by atoms with Crippen LogP contribution in [0.3, 0.4) is 0 Å². The molecule has 0 aliphatic rings. The number of alkyl halides is 1. The number of benzene rings is 1. The van der Waals surface area contributed by atoms with Crippen LogP contribution in [0, 0.1) is 5.41 Å². The van der Waals surface area contributed by atoms with Crippen LogP contribution in [0.1, 0.15) is 45.6 Å². The van der Waals surface area contributed by atoms with E-state index in [2.05, 4.69) is 26.1 Å². The molecule has 0 saturated heterocycles. The van der Waals surface area contributed by atoms with Crippen LogP contribution in [-0.4, -0.2) is 17.8 Å². The third-order valence-corrected chi connectivity index (χ3v) is 3.67. The molecule has 106 valence electrons. The minimum Gasteiger partial charge on any atom is -0.352 e. The van der Waals surface area contributed by atoms with Crippen molar-refractivity contribution < 1.29 is 4.79 Å². The Morgan fingerprint density at radius 2 is 1.84 bits per heavy atom. The SMILES string of the molecule is CC(C(=O)NC(CCCl)C(C)(C)C)c1ccccc1. The summed E-state index contributed by atoms with van der Waals surface area (Å²) in [6.07, 6.45) is 0.790. The fraction of sp³-hybridized carbons (Fsp3) is 0.562. The van der Waals surface area contributed by atoms with Crippen LogP contribution in [-0.2, 0) is 4.79 Å². The quantitative estimate of drug-likeness (QED) is 0.814. The molecular weight excluding hydrogens is 258 g/mol. The summed E-state index contributed by atoms with van der Waals surface area (Å²) in [4.78, 5) is 12.3. The Balaban J connectivity index is 2.72. The molecule has 1 aromatic carbocycles. The highest BCUT2D eigenvalue weighted by Gasteiger charge is 2.27. The van der Waals surface area contributed by atoms with Gasteiger partial charge < -0.3 is 5.32 Å². The fourth-order valence-electron chi connectivity index (χ4n) is 2.02. The van der Waals surface area contributed by atoms with E-state index in [4.69, 9.17) is 11.6 Å². The maximum absolute atomic E-state index is 12.3. The first-order valence-corrected chi connectivity index (χ1v) is 7.31. The average Bonchev–Trinajstić information content (AvgIpc) is 2.37. The molecule has 1 N–H and O–H groups in total. The molecule has 1 amide bonds. The van der Waals surface area contributed by atoms with Crippen molar-refractivity contribution in [1.29, 1.82) is 0 Å². The van der Waals surface area contributed by atoms with Gasteiger partial charge in [0.05, 0.1) is 5.92 Å². The third kappa shape index (κ3) is 4.87. The molecule has 2 atom stereocenters. The molecule has 1 rings (SSSR count). The molecule has 3 heteroatoms. The van der Waals surface area contributed by atoms with E-state index in [0.717, 1.165) is 12.0 Å². The molecule has 0 heterocycles. The lowest BCUT2D eigenvalue weighted by Gasteiger charge is -2.32. The van der Waals surface area contributed by atoms with Crippen LogP contribution in [0.4, 0.5) is 0 Å². The fourth-order valence-corrected chi connectivity index (χ4v) is 2.24. The van der Waals surface area contributed by atoms with Gasteiger partial charge in [0.1, 0.15) is 0 Å². The molecule has 19 heavy (non-hydrogen) atoms. The minimum atomic E-state index is -0.138. The Bertz CT molecular complexity index is 397. The van der Waals surface area contributed by atoms with Gasteiger partial charge >= 0.3 is 0 Å². The zero-order valence-corrected chi connectivity index (χ0v) is 13.0. The summed E-state index contributed by atoms with van der Waals surface area (Å²) in [5, 5.41) is 3.13. The number of nitrogens with one attached hydrogen (secondary N) is 1. The van der Waals surface area contributed by atoms with Gasteiger partial charge in [-0.3, -0.25) is 4.79 Å². The Kier molecular flexibility index (Phi) is 5.86. The summed E-state index contributed by atoms with van der Waals surface area (Å²) in [6, 6.07) is 9.94. The molecule has 0 radical (unpaired) electrons. The molecule has 2 nitrogen and oxygen atoms in total. The van der Waals surface area contributed by atoms with Crippen molar-refractivity contribution in [1.82, 2.24) is 5.32 Å². The molecule has 0 aliphatic heterocycles. The van der Waals surface area contributed by atoms with Crippen molar-refractivity contribution in [3.63, 3.8) is 0 Å². The topological polar surface area (TPSA) is 29.1 Å². The maximum Gasteiger partial charge on any atom is 0.227 e. The van der Waals surface area contributed by atoms with Crippen LogP contribution >= 0.6 is 11.6 Å². The van der Waals surface area contributed by atoms with E-state index in [1.165, 1.54) is 0 Å². The van der Waals surface area contributed by atoms with Crippen molar-refractivity contribution in [2.45, 2.75) is 46.1 Å². The van der Waals surface area contributed by atoms with Gasteiger partial charge in [0, 0.05) is 11.9 Å². The lowest BCUT2D eigenvalue weighted by molar-refractivity contribution is -0.123. The van der Waals surface area contributed by atoms with Gasteiger partial charge in [-0.1, -0.05) is 51.1 Å². The lowest BCUT2D eigenvalue weighted by atomic mass is 9.84. The highest BCUT2D eigenvalue weighted by molar-refractivity contribution is 6.17. The normalized spacial score (nSPS) is 14.8. The van der Waals surface area contributed by atoms with Gasteiger partial charge in [-0.05, 0) is 24.3 Å². The monoisotopic (exact) mass is 281 g/mol. The second-order valence-electron chi connectivity index (χ2n) is 6.04. The highest BCUT2D eigenvalue weighted by Crippen LogP contribution is 2.24. The van der Waals surface area contributed by atoms with Gasteiger partial charge in [0.2, 0.25) is 5.91 Å². The van der Waals surface area contributed by atoms with Gasteiger partial charge in [-0.25, -0.2) is 0 Å². The van der Waals surface area contributed by atoms with E-state index in [9.17, 15) is 4.79 Å². The molecule has 0 saturated carbocycles. The summed E-state index contributed by atoms with van der Waals surface area (Å²) in [5.74, 6) is 0.486. The van der Waals surface area contributed by atoms with Crippen molar-refractivity contribution in [2.75, 3.05) is 5.88 Å². The predicted octanol–water partition coefficient (Wildman–Crippen LogP) is 3.95. The van der Waals surface area contributed by atoms with E-state index in [0.29, 0.717) is 5.88 Å². The highest BCUT2D eigenvalue weighted by atomic mass is 35.5. The summed E-state index contributed by atoms with van der Waals surface area (Å²) in [7, 11) is 0. The van der Waals surface area contributed by atoms with Crippen LogP contribution in [0.2, 0.25) is 0 Å². The van der Waals surface area contributed by atoms with Crippen molar-refractivity contribution in [3.05, 3.63) is 35.9 Å². The first-order valence-electron chi connectivity index (χ1n) is 6.77. The smallest absolute Gasteiger partial charge is 0.227 e. The number of hydrogen-bond acceptors (Lipinski definition) is 1. The summed E-state index contributed by atoms with van der Waals surface area (Å²) in [6.45, 7) is 8.30. The first-order chi connectivity index (χ1) is 8.86. The Morgan fingerprint density at radius 3 is 2.32 bits per heavy atom. The first kappa shape index (κ1) is 16.0. The van der Waals surface area contributed by atoms with Crippen LogP contribution in [0.5, 0.6) is 0 Å². The Hall–Kier alpha value is -1.02. The number of rotatable bonds is 5. The zero-order chi connectivity index (χ0) is 14.5. The van der Waals surface area contributed by atoms with E-state index >= 15 is 0 Å². The van der Waals surface area contributed by atoms with E-state index in [1.807, 2.05) is 37.3 Å². The van der Waals surface area contributed by atoms with Gasteiger partial charge in [-0.2, -0.15) is 0 Å². The van der Waals surface area contributed by atoms with Gasteiger partial charge in [0.15, 0.2) is 0 Å². The van der Waals surface area contributed by atoms with Gasteiger partial charge in [-0.15, -0.1) is 11.6 Å². The number of carbonyl (C=O) groups is 1. The minimum absolute atomic E-state index is 0.0148. The van der Waals surface area contributed by atoms with Crippen LogP contribution < -0.4 is 5.32 Å². The summed E-state index contributed by atoms with van der Waals surface area (Å²) < 4.78 is 0. The molecule has 0 aromatic heterocycles. The Labute approximate surface area is 121 Å². The second-order valence-corrected chi connectivity index (χ2v) is 6.42.